The molecule has 1 saturated heterocycles. The predicted molar refractivity (Wildman–Crippen MR) is 87.7 cm³/mol. The van der Waals surface area contributed by atoms with E-state index in [2.05, 4.69) is 5.32 Å². The fourth-order valence-electron chi connectivity index (χ4n) is 3.85. The lowest BCUT2D eigenvalue weighted by atomic mass is 9.74. The molecule has 3 rings (SSSR count). The number of aliphatic carboxylic acids is 1. The van der Waals surface area contributed by atoms with Crippen LogP contribution in [0, 0.1) is 18.8 Å². The predicted octanol–water partition coefficient (Wildman–Crippen LogP) is 3.15. The Morgan fingerprint density at radius 1 is 1.19 bits per heavy atom. The number of nitrogens with one attached hydrogen (secondary N) is 1. The maximum Gasteiger partial charge on any atom is 0.394 e. The van der Waals surface area contributed by atoms with Crippen LogP contribution >= 0.6 is 0 Å². The van der Waals surface area contributed by atoms with Crippen molar-refractivity contribution in [3.63, 3.8) is 0 Å². The normalized spacial score (nSPS) is 28.5. The van der Waals surface area contributed by atoms with E-state index >= 15 is 0 Å². The van der Waals surface area contributed by atoms with Crippen molar-refractivity contribution in [3.8, 4) is 0 Å². The van der Waals surface area contributed by atoms with Crippen molar-refractivity contribution in [1.82, 2.24) is 10.2 Å². The number of likely N-dealkylation sites (tertiary alicyclic amines) is 1. The van der Waals surface area contributed by atoms with Crippen LogP contribution in [0.15, 0.2) is 24.3 Å². The highest BCUT2D eigenvalue weighted by molar-refractivity contribution is 5.78. The summed E-state index contributed by atoms with van der Waals surface area (Å²) in [6.45, 7) is 0.994. The molecule has 0 aromatic heterocycles. The lowest BCUT2D eigenvalue weighted by Crippen LogP contribution is -2.49. The minimum Gasteiger partial charge on any atom is -0.481 e. The lowest BCUT2D eigenvalue weighted by molar-refractivity contribution is -0.187. The molecule has 0 radical (unpaired) electrons. The number of halogens is 3. The number of hydrogen-bond acceptors (Lipinski definition) is 2. The second-order valence-electron chi connectivity index (χ2n) is 7.17. The molecular formula is C18H21F3N2O3. The molecular weight excluding hydrogens is 349 g/mol. The molecule has 2 N–H and O–H groups in total. The van der Waals surface area contributed by atoms with Gasteiger partial charge in [0.1, 0.15) is 0 Å². The summed E-state index contributed by atoms with van der Waals surface area (Å²) in [5.74, 6) is -4.82. The molecule has 2 fully saturated rings. The summed E-state index contributed by atoms with van der Waals surface area (Å²) in [7, 11) is 0. The van der Waals surface area contributed by atoms with Gasteiger partial charge < -0.3 is 15.3 Å². The quantitative estimate of drug-likeness (QED) is 0.859. The van der Waals surface area contributed by atoms with Crippen LogP contribution < -0.4 is 5.32 Å². The first-order valence-electron chi connectivity index (χ1n) is 8.57. The second kappa shape index (κ2) is 6.81. The van der Waals surface area contributed by atoms with Gasteiger partial charge in [-0.3, -0.25) is 4.79 Å². The summed E-state index contributed by atoms with van der Waals surface area (Å²) < 4.78 is 39.0. The number of hydrogen-bond donors (Lipinski definition) is 2. The molecule has 8 heteroatoms. The van der Waals surface area contributed by atoms with Crippen LogP contribution in [-0.4, -0.2) is 47.3 Å². The van der Waals surface area contributed by atoms with Gasteiger partial charge in [-0.1, -0.05) is 24.3 Å². The van der Waals surface area contributed by atoms with Crippen molar-refractivity contribution in [1.29, 1.82) is 0 Å². The van der Waals surface area contributed by atoms with E-state index in [4.69, 9.17) is 5.11 Å². The molecule has 142 valence electrons. The number of carbonyl (C=O) groups is 2. The number of rotatable bonds is 3. The summed E-state index contributed by atoms with van der Waals surface area (Å²) in [4.78, 5) is 24.3. The SMILES string of the molecule is Cc1ccccc1C1CC(NC(=O)N2C[C@@H](C(F)(F)F)[C@H](C(=O)O)C2)C1. The number of carboxylic acids is 1. The van der Waals surface area contributed by atoms with Crippen LogP contribution in [0.5, 0.6) is 0 Å². The molecule has 1 heterocycles. The van der Waals surface area contributed by atoms with Crippen LogP contribution in [0.2, 0.25) is 0 Å². The lowest BCUT2D eigenvalue weighted by Gasteiger charge is -2.37. The number of carboxylic acid groups (broad SMARTS) is 1. The highest BCUT2D eigenvalue weighted by atomic mass is 19.4. The number of carbonyl (C=O) groups excluding carboxylic acids is 1. The van der Waals surface area contributed by atoms with Crippen molar-refractivity contribution < 1.29 is 27.9 Å². The fourth-order valence-corrected chi connectivity index (χ4v) is 3.85. The number of aryl methyl sites for hydroxylation is 1. The summed E-state index contributed by atoms with van der Waals surface area (Å²) in [6, 6.07) is 7.28. The number of urea groups is 1. The number of benzene rings is 1. The van der Waals surface area contributed by atoms with Crippen molar-refractivity contribution >= 4 is 12.0 Å². The van der Waals surface area contributed by atoms with E-state index in [1.165, 1.54) is 11.1 Å². The maximum atomic E-state index is 13.0. The molecule has 2 amide bonds. The first-order chi connectivity index (χ1) is 12.2. The minimum absolute atomic E-state index is 0.0969. The monoisotopic (exact) mass is 370 g/mol. The van der Waals surface area contributed by atoms with Gasteiger partial charge in [-0.15, -0.1) is 0 Å². The molecule has 0 spiro atoms. The van der Waals surface area contributed by atoms with Crippen LogP contribution in [0.25, 0.3) is 0 Å². The summed E-state index contributed by atoms with van der Waals surface area (Å²) in [5, 5.41) is 11.7. The third-order valence-corrected chi connectivity index (χ3v) is 5.44. The molecule has 0 unspecified atom stereocenters. The van der Waals surface area contributed by atoms with Crippen LogP contribution in [0.1, 0.15) is 29.9 Å². The first kappa shape index (κ1) is 18.5. The largest absolute Gasteiger partial charge is 0.481 e. The molecule has 5 nitrogen and oxygen atoms in total. The van der Waals surface area contributed by atoms with Gasteiger partial charge in [0.25, 0.3) is 0 Å². The van der Waals surface area contributed by atoms with Crippen LogP contribution in [-0.2, 0) is 4.79 Å². The zero-order valence-electron chi connectivity index (χ0n) is 14.3. The van der Waals surface area contributed by atoms with Gasteiger partial charge in [-0.25, -0.2) is 4.79 Å². The Morgan fingerprint density at radius 3 is 2.38 bits per heavy atom. The molecule has 2 atom stereocenters. The Morgan fingerprint density at radius 2 is 1.85 bits per heavy atom. The number of amides is 2. The number of nitrogens with zero attached hydrogens (tertiary/aromatic N) is 1. The first-order valence-corrected chi connectivity index (χ1v) is 8.57. The molecule has 1 aromatic rings. The maximum absolute atomic E-state index is 13.0. The number of alkyl halides is 3. The van der Waals surface area contributed by atoms with Crippen molar-refractivity contribution in [2.24, 2.45) is 11.8 Å². The van der Waals surface area contributed by atoms with E-state index in [9.17, 15) is 22.8 Å². The van der Waals surface area contributed by atoms with Crippen molar-refractivity contribution in [2.45, 2.75) is 37.9 Å². The highest BCUT2D eigenvalue weighted by Crippen LogP contribution is 2.40. The average Bonchev–Trinajstić information content (AvgIpc) is 2.97. The topological polar surface area (TPSA) is 69.6 Å². The summed E-state index contributed by atoms with van der Waals surface area (Å²) in [6.07, 6.45) is -3.17. The molecule has 26 heavy (non-hydrogen) atoms. The van der Waals surface area contributed by atoms with Gasteiger partial charge in [0.15, 0.2) is 0 Å². The molecule has 2 aliphatic rings. The van der Waals surface area contributed by atoms with E-state index in [1.54, 1.807) is 0 Å². The zero-order valence-corrected chi connectivity index (χ0v) is 14.3. The smallest absolute Gasteiger partial charge is 0.394 e. The molecule has 1 aliphatic heterocycles. The Hall–Kier alpha value is -2.25. The van der Waals surface area contributed by atoms with Crippen molar-refractivity contribution in [2.75, 3.05) is 13.1 Å². The average molecular weight is 370 g/mol. The third kappa shape index (κ3) is 3.64. The Bertz CT molecular complexity index is 701. The Labute approximate surface area is 149 Å². The molecule has 1 saturated carbocycles. The van der Waals surface area contributed by atoms with E-state index in [-0.39, 0.29) is 6.04 Å². The van der Waals surface area contributed by atoms with Crippen LogP contribution in [0.3, 0.4) is 0 Å². The molecule has 0 bridgehead atoms. The highest BCUT2D eigenvalue weighted by Gasteiger charge is 2.53. The Kier molecular flexibility index (Phi) is 4.86. The minimum atomic E-state index is -4.63. The van der Waals surface area contributed by atoms with Gasteiger partial charge in [0, 0.05) is 19.1 Å². The Balaban J connectivity index is 1.55. The summed E-state index contributed by atoms with van der Waals surface area (Å²) >= 11 is 0. The van der Waals surface area contributed by atoms with E-state index in [0.29, 0.717) is 5.92 Å². The third-order valence-electron chi connectivity index (χ3n) is 5.44. The van der Waals surface area contributed by atoms with Gasteiger partial charge in [0.2, 0.25) is 0 Å². The van der Waals surface area contributed by atoms with Gasteiger partial charge >= 0.3 is 18.2 Å². The van der Waals surface area contributed by atoms with Gasteiger partial charge in [0.05, 0.1) is 11.8 Å². The van der Waals surface area contributed by atoms with Gasteiger partial charge in [-0.05, 0) is 36.8 Å². The fraction of sp³-hybridized carbons (Fsp3) is 0.556. The second-order valence-corrected chi connectivity index (χ2v) is 7.17. The standard InChI is InChI=1S/C18H21F3N2O3/c1-10-4-2-3-5-13(10)11-6-12(7-11)22-17(26)23-8-14(16(24)25)15(9-23)18(19,20)21/h2-5,11-12,14-15H,6-9H2,1H3,(H,22,26)(H,24,25)/t11?,12?,14-,15-/m1/s1. The van der Waals surface area contributed by atoms with Crippen LogP contribution in [0.4, 0.5) is 18.0 Å². The molecule has 1 aliphatic carbocycles. The van der Waals surface area contributed by atoms with E-state index in [1.807, 2.05) is 31.2 Å². The van der Waals surface area contributed by atoms with Crippen molar-refractivity contribution in [3.05, 3.63) is 35.4 Å². The van der Waals surface area contributed by atoms with Gasteiger partial charge in [-0.2, -0.15) is 13.2 Å². The molecule has 1 aromatic carbocycles. The zero-order chi connectivity index (χ0) is 19.1. The summed E-state index contributed by atoms with van der Waals surface area (Å²) in [5.41, 5.74) is 2.40. The van der Waals surface area contributed by atoms with E-state index < -0.39 is 43.1 Å². The van der Waals surface area contributed by atoms with E-state index in [0.717, 1.165) is 17.7 Å².